The van der Waals surface area contributed by atoms with Gasteiger partial charge >= 0.3 is 0 Å². The van der Waals surface area contributed by atoms with Crippen molar-refractivity contribution in [3.8, 4) is 0 Å². The second-order valence-corrected chi connectivity index (χ2v) is 8.01. The summed E-state index contributed by atoms with van der Waals surface area (Å²) < 4.78 is 0. The van der Waals surface area contributed by atoms with Gasteiger partial charge in [0.25, 0.3) is 0 Å². The Labute approximate surface area is 145 Å². The fourth-order valence-electron chi connectivity index (χ4n) is 4.67. The van der Waals surface area contributed by atoms with Gasteiger partial charge in [-0.2, -0.15) is 0 Å². The molecule has 1 N–H and O–H groups in total. The summed E-state index contributed by atoms with van der Waals surface area (Å²) in [6.07, 6.45) is 8.69. The van der Waals surface area contributed by atoms with Crippen molar-refractivity contribution in [2.75, 3.05) is 19.6 Å². The fourth-order valence-corrected chi connectivity index (χ4v) is 4.80. The van der Waals surface area contributed by atoms with Crippen molar-refractivity contribution in [2.24, 2.45) is 11.8 Å². The molecule has 1 aliphatic carbocycles. The SMILES string of the molecule is CC(CN1CCCC1)C(O)(c1ccc(Cl)cc1)C1CCCCC1. The highest BCUT2D eigenvalue weighted by molar-refractivity contribution is 6.30. The third-order valence-corrected chi connectivity index (χ3v) is 6.27. The Morgan fingerprint density at radius 3 is 2.30 bits per heavy atom. The predicted octanol–water partition coefficient (Wildman–Crippen LogP) is 4.84. The average Bonchev–Trinajstić information content (AvgIpc) is 3.08. The van der Waals surface area contributed by atoms with Crippen molar-refractivity contribution >= 4 is 11.6 Å². The van der Waals surface area contributed by atoms with Gasteiger partial charge in [-0.1, -0.05) is 49.9 Å². The Morgan fingerprint density at radius 1 is 1.09 bits per heavy atom. The molecule has 2 fully saturated rings. The monoisotopic (exact) mass is 335 g/mol. The van der Waals surface area contributed by atoms with Crippen LogP contribution in [0.15, 0.2) is 24.3 Å². The standard InChI is InChI=1S/C20H30ClNO/c1-16(15-22-13-5-6-14-22)20(23,17-7-3-2-4-8-17)18-9-11-19(21)12-10-18/h9-12,16-17,23H,2-8,13-15H2,1H3. The number of halogens is 1. The lowest BCUT2D eigenvalue weighted by Crippen LogP contribution is -2.46. The van der Waals surface area contributed by atoms with Gasteiger partial charge in [0.05, 0.1) is 5.60 Å². The van der Waals surface area contributed by atoms with Gasteiger partial charge in [0, 0.05) is 17.5 Å². The molecule has 0 radical (unpaired) electrons. The van der Waals surface area contributed by atoms with E-state index in [4.69, 9.17) is 11.6 Å². The molecular formula is C20H30ClNO. The van der Waals surface area contributed by atoms with Crippen molar-refractivity contribution in [2.45, 2.75) is 57.5 Å². The summed E-state index contributed by atoms with van der Waals surface area (Å²) in [5, 5.41) is 12.6. The summed E-state index contributed by atoms with van der Waals surface area (Å²) in [4.78, 5) is 2.52. The minimum absolute atomic E-state index is 0.241. The first-order valence-electron chi connectivity index (χ1n) is 9.31. The number of benzene rings is 1. The second kappa shape index (κ2) is 7.55. The Hall–Kier alpha value is -0.570. The van der Waals surface area contributed by atoms with E-state index in [1.165, 1.54) is 45.2 Å². The Morgan fingerprint density at radius 2 is 1.70 bits per heavy atom. The Kier molecular flexibility index (Phi) is 5.66. The molecule has 2 aliphatic rings. The van der Waals surface area contributed by atoms with Crippen LogP contribution in [0.25, 0.3) is 0 Å². The lowest BCUT2D eigenvalue weighted by molar-refractivity contribution is -0.0896. The number of rotatable bonds is 5. The molecule has 1 heterocycles. The van der Waals surface area contributed by atoms with Gasteiger partial charge in [0.2, 0.25) is 0 Å². The molecule has 0 spiro atoms. The molecule has 2 atom stereocenters. The first-order valence-corrected chi connectivity index (χ1v) is 9.69. The molecule has 3 heteroatoms. The van der Waals surface area contributed by atoms with Crippen molar-refractivity contribution < 1.29 is 5.11 Å². The number of hydrogen-bond donors (Lipinski definition) is 1. The third kappa shape index (κ3) is 3.75. The molecule has 1 aliphatic heterocycles. The van der Waals surface area contributed by atoms with Gasteiger partial charge in [0.1, 0.15) is 0 Å². The highest BCUT2D eigenvalue weighted by Crippen LogP contribution is 2.44. The molecule has 1 saturated heterocycles. The van der Waals surface area contributed by atoms with Crippen molar-refractivity contribution in [1.82, 2.24) is 4.90 Å². The lowest BCUT2D eigenvalue weighted by Gasteiger charge is -2.44. The van der Waals surface area contributed by atoms with Crippen LogP contribution in [0.5, 0.6) is 0 Å². The summed E-state index contributed by atoms with van der Waals surface area (Å²) in [7, 11) is 0. The van der Waals surface area contributed by atoms with Gasteiger partial charge in [-0.25, -0.2) is 0 Å². The summed E-state index contributed by atoms with van der Waals surface area (Å²) >= 11 is 6.07. The number of hydrogen-bond acceptors (Lipinski definition) is 2. The smallest absolute Gasteiger partial charge is 0.0962 e. The molecule has 0 bridgehead atoms. The molecule has 2 unspecified atom stereocenters. The molecule has 0 aromatic heterocycles. The predicted molar refractivity (Wildman–Crippen MR) is 96.8 cm³/mol. The maximum absolute atomic E-state index is 11.9. The normalized spacial score (nSPS) is 24.5. The van der Waals surface area contributed by atoms with Crippen molar-refractivity contribution in [3.63, 3.8) is 0 Å². The van der Waals surface area contributed by atoms with E-state index < -0.39 is 5.60 Å². The van der Waals surface area contributed by atoms with Crippen LogP contribution >= 0.6 is 11.6 Å². The molecule has 3 rings (SSSR count). The van der Waals surface area contributed by atoms with E-state index in [1.54, 1.807) is 0 Å². The number of nitrogens with zero attached hydrogens (tertiary/aromatic N) is 1. The zero-order valence-electron chi connectivity index (χ0n) is 14.3. The van der Waals surface area contributed by atoms with Crippen LogP contribution < -0.4 is 0 Å². The zero-order chi connectivity index (χ0) is 16.3. The van der Waals surface area contributed by atoms with Gasteiger partial charge in [-0.3, -0.25) is 0 Å². The maximum Gasteiger partial charge on any atom is 0.0962 e. The molecular weight excluding hydrogens is 306 g/mol. The van der Waals surface area contributed by atoms with Crippen LogP contribution in [0.3, 0.4) is 0 Å². The molecule has 0 amide bonds. The third-order valence-electron chi connectivity index (χ3n) is 6.02. The largest absolute Gasteiger partial charge is 0.385 e. The number of likely N-dealkylation sites (tertiary alicyclic amines) is 1. The van der Waals surface area contributed by atoms with Crippen LogP contribution in [-0.2, 0) is 5.60 Å². The summed E-state index contributed by atoms with van der Waals surface area (Å²) in [5.74, 6) is 0.611. The van der Waals surface area contributed by atoms with E-state index in [0.29, 0.717) is 5.92 Å². The van der Waals surface area contributed by atoms with Gasteiger partial charge < -0.3 is 10.0 Å². The van der Waals surface area contributed by atoms with Gasteiger partial charge in [0.15, 0.2) is 0 Å². The van der Waals surface area contributed by atoms with E-state index in [9.17, 15) is 5.11 Å². The van der Waals surface area contributed by atoms with E-state index in [1.807, 2.05) is 24.3 Å². The minimum Gasteiger partial charge on any atom is -0.385 e. The van der Waals surface area contributed by atoms with Crippen LogP contribution in [-0.4, -0.2) is 29.6 Å². The maximum atomic E-state index is 11.9. The van der Waals surface area contributed by atoms with Crippen LogP contribution in [0.2, 0.25) is 5.02 Å². The first-order chi connectivity index (χ1) is 11.1. The molecule has 23 heavy (non-hydrogen) atoms. The highest BCUT2D eigenvalue weighted by Gasteiger charge is 2.43. The Balaban J connectivity index is 1.86. The summed E-state index contributed by atoms with van der Waals surface area (Å²) in [5.41, 5.74) is 0.327. The zero-order valence-corrected chi connectivity index (χ0v) is 15.1. The molecule has 128 valence electrons. The minimum atomic E-state index is -0.729. The van der Waals surface area contributed by atoms with Crippen LogP contribution in [0.1, 0.15) is 57.4 Å². The average molecular weight is 336 g/mol. The van der Waals surface area contributed by atoms with Gasteiger partial charge in [-0.15, -0.1) is 0 Å². The van der Waals surface area contributed by atoms with Crippen molar-refractivity contribution in [1.29, 1.82) is 0 Å². The fraction of sp³-hybridized carbons (Fsp3) is 0.700. The van der Waals surface area contributed by atoms with Crippen LogP contribution in [0, 0.1) is 11.8 Å². The lowest BCUT2D eigenvalue weighted by atomic mass is 9.67. The number of aliphatic hydroxyl groups is 1. The first kappa shape index (κ1) is 17.3. The highest BCUT2D eigenvalue weighted by atomic mass is 35.5. The topological polar surface area (TPSA) is 23.5 Å². The van der Waals surface area contributed by atoms with Gasteiger partial charge in [-0.05, 0) is 62.4 Å². The van der Waals surface area contributed by atoms with Crippen LogP contribution in [0.4, 0.5) is 0 Å². The quantitative estimate of drug-likeness (QED) is 0.832. The van der Waals surface area contributed by atoms with E-state index >= 15 is 0 Å². The molecule has 2 nitrogen and oxygen atoms in total. The molecule has 1 saturated carbocycles. The van der Waals surface area contributed by atoms with E-state index in [-0.39, 0.29) is 5.92 Å². The van der Waals surface area contributed by atoms with Crippen molar-refractivity contribution in [3.05, 3.63) is 34.9 Å². The Bertz CT molecular complexity index is 491. The van der Waals surface area contributed by atoms with E-state index in [0.717, 1.165) is 30.0 Å². The summed E-state index contributed by atoms with van der Waals surface area (Å²) in [6.45, 7) is 5.61. The molecule has 1 aromatic carbocycles. The van der Waals surface area contributed by atoms with E-state index in [2.05, 4.69) is 11.8 Å². The molecule has 1 aromatic rings. The summed E-state index contributed by atoms with van der Waals surface area (Å²) in [6, 6.07) is 7.93. The second-order valence-electron chi connectivity index (χ2n) is 7.58.